The molecular weight excluding hydrogens is 172 g/mol. The Bertz CT molecular complexity index is 213. The fourth-order valence-electron chi connectivity index (χ4n) is 0.250. The van der Waals surface area contributed by atoms with Gasteiger partial charge in [-0.15, -0.1) is 10.2 Å². The average molecular weight is 178 g/mol. The Balaban J connectivity index is 0.000000218. The van der Waals surface area contributed by atoms with E-state index in [9.17, 15) is 0 Å². The van der Waals surface area contributed by atoms with Crippen molar-refractivity contribution >= 4 is 17.2 Å². The maximum absolute atomic E-state index is 8.67. The van der Waals surface area contributed by atoms with E-state index in [1.807, 2.05) is 0 Å². The van der Waals surface area contributed by atoms with Gasteiger partial charge in [-0.3, -0.25) is 9.11 Å². The van der Waals surface area contributed by atoms with Gasteiger partial charge in [0.2, 0.25) is 0 Å². The van der Waals surface area contributed by atoms with E-state index in [1.54, 1.807) is 6.07 Å². The van der Waals surface area contributed by atoms with Crippen LogP contribution in [0.2, 0.25) is 0 Å². The van der Waals surface area contributed by atoms with Crippen molar-refractivity contribution in [1.29, 1.82) is 0 Å². The van der Waals surface area contributed by atoms with Gasteiger partial charge in [0.15, 0.2) is 0 Å². The summed E-state index contributed by atoms with van der Waals surface area (Å²) >= 11 is -2.61. The van der Waals surface area contributed by atoms with Crippen LogP contribution in [-0.2, 0) is 11.4 Å². The third-order valence-corrected chi connectivity index (χ3v) is 0.524. The molecule has 4 N–H and O–H groups in total. The van der Waals surface area contributed by atoms with Crippen LogP contribution in [0.1, 0.15) is 0 Å². The molecule has 8 heteroatoms. The van der Waals surface area contributed by atoms with Gasteiger partial charge in [0, 0.05) is 6.07 Å². The van der Waals surface area contributed by atoms with Gasteiger partial charge >= 0.3 is 0 Å². The molecule has 0 radical (unpaired) electrons. The first kappa shape index (κ1) is 9.88. The number of anilines is 1. The first-order chi connectivity index (χ1) is 5.13. The smallest absolute Gasteiger partial charge is 0.299 e. The summed E-state index contributed by atoms with van der Waals surface area (Å²) in [6.07, 6.45) is 1.49. The molecule has 0 atom stereocenters. The molecular formula is C3H6N4O3S. The zero-order valence-electron chi connectivity index (χ0n) is 5.28. The largest absolute Gasteiger partial charge is 0.382 e. The predicted octanol–water partition coefficient (Wildman–Crippen LogP) is -0.865. The molecule has 0 fully saturated rings. The Labute approximate surface area is 64.8 Å². The Hall–Kier alpha value is -1.12. The first-order valence-corrected chi connectivity index (χ1v) is 3.39. The van der Waals surface area contributed by atoms with E-state index >= 15 is 0 Å². The number of aromatic nitrogens is 3. The lowest BCUT2D eigenvalue weighted by Gasteiger charge is -1.80. The average Bonchev–Trinajstić information content (AvgIpc) is 1.87. The van der Waals surface area contributed by atoms with Crippen LogP contribution in [0.15, 0.2) is 12.3 Å². The van der Waals surface area contributed by atoms with Gasteiger partial charge in [-0.05, 0) is 5.21 Å². The maximum atomic E-state index is 8.67. The summed E-state index contributed by atoms with van der Waals surface area (Å²) in [7, 11) is 0. The Morgan fingerprint density at radius 3 is 2.27 bits per heavy atom. The van der Waals surface area contributed by atoms with Gasteiger partial charge in [0.1, 0.15) is 5.82 Å². The second-order valence-corrected chi connectivity index (χ2v) is 1.74. The Morgan fingerprint density at radius 1 is 1.55 bits per heavy atom. The maximum Gasteiger partial charge on any atom is 0.299 e. The number of hydrogen-bond donors (Lipinski definition) is 3. The standard InChI is InChI=1S/C3H4N4.H2O3S/c4-3-1-2-5-7-6-3;1-4(2)3/h1-2H,(H2,4,5,6);(H2,1,2,3). The Kier molecular flexibility index (Phi) is 5.07. The summed E-state index contributed by atoms with van der Waals surface area (Å²) in [5.74, 6) is 0.398. The predicted molar refractivity (Wildman–Crippen MR) is 37.6 cm³/mol. The highest BCUT2D eigenvalue weighted by molar-refractivity contribution is 7.73. The highest BCUT2D eigenvalue weighted by atomic mass is 32.2. The van der Waals surface area contributed by atoms with Crippen LogP contribution in [0.3, 0.4) is 0 Å². The van der Waals surface area contributed by atoms with Crippen LogP contribution in [0.5, 0.6) is 0 Å². The zero-order valence-corrected chi connectivity index (χ0v) is 6.10. The fraction of sp³-hybridized carbons (Fsp3) is 0. The van der Waals surface area contributed by atoms with Crippen molar-refractivity contribution in [3.63, 3.8) is 0 Å². The van der Waals surface area contributed by atoms with Gasteiger partial charge < -0.3 is 5.73 Å². The lowest BCUT2D eigenvalue weighted by Crippen LogP contribution is -1.91. The van der Waals surface area contributed by atoms with Crippen molar-refractivity contribution in [3.05, 3.63) is 12.3 Å². The summed E-state index contributed by atoms with van der Waals surface area (Å²) in [5.41, 5.74) is 5.14. The van der Waals surface area contributed by atoms with Gasteiger partial charge in [0.05, 0.1) is 6.20 Å². The zero-order chi connectivity index (χ0) is 8.69. The normalized spacial score (nSPS) is 8.64. The van der Waals surface area contributed by atoms with Gasteiger partial charge in [-0.2, -0.15) is 4.21 Å². The van der Waals surface area contributed by atoms with Crippen molar-refractivity contribution in [1.82, 2.24) is 15.4 Å². The van der Waals surface area contributed by atoms with Crippen LogP contribution in [0.25, 0.3) is 0 Å². The monoisotopic (exact) mass is 178 g/mol. The Morgan fingerprint density at radius 2 is 2.09 bits per heavy atom. The number of nitrogens with two attached hydrogens (primary N) is 1. The van der Waals surface area contributed by atoms with E-state index in [0.717, 1.165) is 0 Å². The molecule has 1 heterocycles. The van der Waals surface area contributed by atoms with Gasteiger partial charge in [0.25, 0.3) is 11.4 Å². The summed E-state index contributed by atoms with van der Waals surface area (Å²) in [4.78, 5) is 0. The molecule has 0 unspecified atom stereocenters. The molecule has 0 bridgehead atoms. The second kappa shape index (κ2) is 5.65. The lowest BCUT2D eigenvalue weighted by molar-refractivity contribution is 0.454. The lowest BCUT2D eigenvalue weighted by atomic mass is 10.6. The van der Waals surface area contributed by atoms with Crippen molar-refractivity contribution in [2.24, 2.45) is 0 Å². The highest BCUT2D eigenvalue weighted by Crippen LogP contribution is 1.83. The number of hydrogen-bond acceptors (Lipinski definition) is 5. The van der Waals surface area contributed by atoms with Crippen LogP contribution in [0.4, 0.5) is 5.82 Å². The molecule has 7 nitrogen and oxygen atoms in total. The third kappa shape index (κ3) is 8.88. The summed E-state index contributed by atoms with van der Waals surface area (Å²) in [6, 6.07) is 1.58. The minimum atomic E-state index is -2.61. The summed E-state index contributed by atoms with van der Waals surface area (Å²) < 4.78 is 22.8. The van der Waals surface area contributed by atoms with E-state index in [2.05, 4.69) is 15.4 Å². The molecule has 0 spiro atoms. The van der Waals surface area contributed by atoms with Crippen LogP contribution < -0.4 is 5.73 Å². The molecule has 0 aliphatic heterocycles. The second-order valence-electron chi connectivity index (χ2n) is 1.28. The molecule has 62 valence electrons. The molecule has 0 saturated heterocycles. The summed E-state index contributed by atoms with van der Waals surface area (Å²) in [6.45, 7) is 0. The van der Waals surface area contributed by atoms with E-state index in [1.165, 1.54) is 6.20 Å². The topological polar surface area (TPSA) is 122 Å². The van der Waals surface area contributed by atoms with E-state index in [-0.39, 0.29) is 0 Å². The molecule has 0 aromatic carbocycles. The molecule has 11 heavy (non-hydrogen) atoms. The molecule has 1 aromatic rings. The third-order valence-electron chi connectivity index (χ3n) is 0.524. The summed E-state index contributed by atoms with van der Waals surface area (Å²) in [5, 5.41) is 10.1. The molecule has 1 rings (SSSR count). The molecule has 1 aromatic heterocycles. The SMILES string of the molecule is Nc1ccnnn1.O=S(O)O. The quantitative estimate of drug-likeness (QED) is 0.441. The number of rotatable bonds is 0. The molecule has 0 aliphatic rings. The van der Waals surface area contributed by atoms with Crippen LogP contribution in [0, 0.1) is 0 Å². The number of nitrogen functional groups attached to an aromatic ring is 1. The van der Waals surface area contributed by atoms with E-state index < -0.39 is 11.4 Å². The first-order valence-electron chi connectivity index (χ1n) is 2.32. The van der Waals surface area contributed by atoms with Gasteiger partial charge in [-0.25, -0.2) is 0 Å². The van der Waals surface area contributed by atoms with Crippen LogP contribution in [-0.4, -0.2) is 28.7 Å². The van der Waals surface area contributed by atoms with E-state index in [4.69, 9.17) is 19.0 Å². The van der Waals surface area contributed by atoms with Crippen molar-refractivity contribution in [2.45, 2.75) is 0 Å². The van der Waals surface area contributed by atoms with Crippen molar-refractivity contribution in [2.75, 3.05) is 5.73 Å². The number of nitrogens with zero attached hydrogens (tertiary/aromatic N) is 3. The van der Waals surface area contributed by atoms with Crippen molar-refractivity contribution in [3.8, 4) is 0 Å². The molecule has 0 saturated carbocycles. The molecule has 0 aliphatic carbocycles. The molecule has 0 amide bonds. The van der Waals surface area contributed by atoms with Crippen molar-refractivity contribution < 1.29 is 13.3 Å². The van der Waals surface area contributed by atoms with E-state index in [0.29, 0.717) is 5.82 Å². The fourth-order valence-corrected chi connectivity index (χ4v) is 0.250. The van der Waals surface area contributed by atoms with Crippen LogP contribution >= 0.6 is 0 Å². The minimum Gasteiger partial charge on any atom is -0.382 e. The highest BCUT2D eigenvalue weighted by Gasteiger charge is 1.76. The van der Waals surface area contributed by atoms with Gasteiger partial charge in [-0.1, -0.05) is 0 Å². The minimum absolute atomic E-state index is 0.398.